The van der Waals surface area contributed by atoms with Crippen LogP contribution < -0.4 is 5.32 Å². The molecule has 154 valence electrons. The summed E-state index contributed by atoms with van der Waals surface area (Å²) < 4.78 is 45.8. The van der Waals surface area contributed by atoms with Gasteiger partial charge in [-0.05, 0) is 18.6 Å². The highest BCUT2D eigenvalue weighted by molar-refractivity contribution is 5.83. The summed E-state index contributed by atoms with van der Waals surface area (Å²) in [5, 5.41) is 33.1. The summed E-state index contributed by atoms with van der Waals surface area (Å²) in [4.78, 5) is 34.3. The molecule has 2 rings (SSSR count). The van der Waals surface area contributed by atoms with Crippen molar-refractivity contribution in [2.75, 3.05) is 13.7 Å². The Bertz CT molecular complexity index is 817. The van der Waals surface area contributed by atoms with E-state index in [1.807, 2.05) is 0 Å². The first-order chi connectivity index (χ1) is 12.9. The van der Waals surface area contributed by atoms with Crippen LogP contribution >= 0.6 is 0 Å². The average Bonchev–Trinajstić information content (AvgIpc) is 2.58. The van der Waals surface area contributed by atoms with Gasteiger partial charge < -0.3 is 20.3 Å². The second kappa shape index (κ2) is 7.14. The molecule has 1 aromatic carbocycles. The van der Waals surface area contributed by atoms with Crippen LogP contribution in [-0.4, -0.2) is 57.6 Å². The normalized spacial score (nSPS) is 25.2. The minimum Gasteiger partial charge on any atom is -0.502 e. The Morgan fingerprint density at radius 2 is 2.07 bits per heavy atom. The lowest BCUT2D eigenvalue weighted by Crippen LogP contribution is -2.73. The van der Waals surface area contributed by atoms with Crippen molar-refractivity contribution >= 4 is 17.7 Å². The van der Waals surface area contributed by atoms with Crippen molar-refractivity contribution in [1.29, 1.82) is 0 Å². The summed E-state index contributed by atoms with van der Waals surface area (Å²) in [6.07, 6.45) is -5.46. The number of carbonyl (C=O) groups is 2. The Hall–Kier alpha value is -3.09. The highest BCUT2D eigenvalue weighted by atomic mass is 19.4. The molecule has 1 aromatic rings. The number of nitrogens with zero attached hydrogens (tertiary/aromatic N) is 2. The topological polar surface area (TPSA) is 142 Å². The number of phenolic OH excluding ortho intramolecular Hbond substituents is 1. The summed E-state index contributed by atoms with van der Waals surface area (Å²) in [5.74, 6) is -4.65. The maximum absolute atomic E-state index is 13.7. The lowest BCUT2D eigenvalue weighted by Gasteiger charge is -2.49. The van der Waals surface area contributed by atoms with E-state index in [1.54, 1.807) is 0 Å². The molecule has 1 heterocycles. The van der Waals surface area contributed by atoms with Crippen LogP contribution in [0.2, 0.25) is 0 Å². The Morgan fingerprint density at radius 1 is 1.46 bits per heavy atom. The first-order valence-corrected chi connectivity index (χ1v) is 7.83. The van der Waals surface area contributed by atoms with E-state index in [4.69, 9.17) is 0 Å². The van der Waals surface area contributed by atoms with Gasteiger partial charge in [-0.25, -0.2) is 4.79 Å². The number of nitrogens with one attached hydrogen (secondary N) is 1. The number of nitro benzene ring substituents is 1. The summed E-state index contributed by atoms with van der Waals surface area (Å²) in [6.45, 7) is 1.01. The number of amides is 2. The Balaban J connectivity index is 2.70. The van der Waals surface area contributed by atoms with Gasteiger partial charge in [0, 0.05) is 13.1 Å². The van der Waals surface area contributed by atoms with Gasteiger partial charge in [-0.15, -0.1) is 0 Å². The number of hydrogen-bond donors (Lipinski definition) is 3. The van der Waals surface area contributed by atoms with Gasteiger partial charge in [0.15, 0.2) is 5.75 Å². The minimum atomic E-state index is -5.46. The maximum Gasteiger partial charge on any atom is 0.437 e. The molecule has 1 fully saturated rings. The number of phenols is 1. The molecule has 3 atom stereocenters. The van der Waals surface area contributed by atoms with Gasteiger partial charge in [-0.2, -0.15) is 13.2 Å². The van der Waals surface area contributed by atoms with Crippen molar-refractivity contribution < 1.29 is 42.6 Å². The number of esters is 1. The van der Waals surface area contributed by atoms with Crippen LogP contribution in [0.5, 0.6) is 5.75 Å². The number of aliphatic hydroxyl groups is 1. The van der Waals surface area contributed by atoms with Crippen LogP contribution in [0.25, 0.3) is 0 Å². The van der Waals surface area contributed by atoms with Crippen LogP contribution in [0.1, 0.15) is 18.5 Å². The number of halogens is 3. The van der Waals surface area contributed by atoms with E-state index in [0.29, 0.717) is 13.1 Å². The van der Waals surface area contributed by atoms with Gasteiger partial charge in [-0.1, -0.05) is 6.07 Å². The summed E-state index contributed by atoms with van der Waals surface area (Å²) in [6, 6.07) is -0.682. The van der Waals surface area contributed by atoms with E-state index in [9.17, 15) is 43.1 Å². The maximum atomic E-state index is 13.7. The zero-order chi connectivity index (χ0) is 21.4. The fraction of sp³-hybridized carbons (Fsp3) is 0.467. The first-order valence-electron chi connectivity index (χ1n) is 7.83. The third-order valence-electron chi connectivity index (χ3n) is 4.37. The summed E-state index contributed by atoms with van der Waals surface area (Å²) in [7, 11) is 0.643. The predicted octanol–water partition coefficient (Wildman–Crippen LogP) is 1.43. The van der Waals surface area contributed by atoms with E-state index >= 15 is 0 Å². The molecule has 0 bridgehead atoms. The average molecular weight is 407 g/mol. The molecule has 0 aromatic heterocycles. The fourth-order valence-electron chi connectivity index (χ4n) is 2.96. The molecule has 0 radical (unpaired) electrons. The van der Waals surface area contributed by atoms with Crippen LogP contribution in [0.4, 0.5) is 23.7 Å². The minimum absolute atomic E-state index is 0.0834. The number of alkyl halides is 3. The molecule has 0 aliphatic carbocycles. The molecular formula is C15H16F3N3O7. The zero-order valence-corrected chi connectivity index (χ0v) is 14.6. The Labute approximate surface area is 155 Å². The van der Waals surface area contributed by atoms with Gasteiger partial charge in [0.05, 0.1) is 17.6 Å². The summed E-state index contributed by atoms with van der Waals surface area (Å²) in [5.41, 5.74) is -5.12. The molecule has 1 saturated heterocycles. The SMILES string of the molecule is CCOC(=O)[C@@H]1[C@H](c2ccc(O)c([N+](=O)[O-])c2)NC(=O)N(C)[C@]1(O)C(F)(F)F. The lowest BCUT2D eigenvalue weighted by molar-refractivity contribution is -0.386. The fourth-order valence-corrected chi connectivity index (χ4v) is 2.96. The standard InChI is InChI=1S/C15H16F3N3O7/c1-3-28-12(23)10-11(7-4-5-9(22)8(6-7)21(26)27)19-13(24)20(2)14(10,25)15(16,17)18/h4-6,10-11,22,25H,3H2,1-2H3,(H,19,24)/t10-,11-,14+/m0/s1. The van der Waals surface area contributed by atoms with Crippen LogP contribution in [-0.2, 0) is 9.53 Å². The molecule has 1 aliphatic heterocycles. The highest BCUT2D eigenvalue weighted by Crippen LogP contribution is 2.47. The summed E-state index contributed by atoms with van der Waals surface area (Å²) >= 11 is 0. The highest BCUT2D eigenvalue weighted by Gasteiger charge is 2.69. The molecule has 13 heteroatoms. The lowest BCUT2D eigenvalue weighted by atomic mass is 9.81. The second-order valence-corrected chi connectivity index (χ2v) is 5.95. The van der Waals surface area contributed by atoms with Crippen LogP contribution in [0.3, 0.4) is 0 Å². The largest absolute Gasteiger partial charge is 0.502 e. The monoisotopic (exact) mass is 407 g/mol. The molecular weight excluding hydrogens is 391 g/mol. The third-order valence-corrected chi connectivity index (χ3v) is 4.37. The molecule has 0 saturated carbocycles. The molecule has 0 spiro atoms. The van der Waals surface area contributed by atoms with Crippen LogP contribution in [0.15, 0.2) is 18.2 Å². The second-order valence-electron chi connectivity index (χ2n) is 5.95. The smallest absolute Gasteiger partial charge is 0.437 e. The van der Waals surface area contributed by atoms with Gasteiger partial charge in [-0.3, -0.25) is 19.8 Å². The van der Waals surface area contributed by atoms with Crippen LogP contribution in [0, 0.1) is 16.0 Å². The number of aromatic hydroxyl groups is 1. The number of hydrogen-bond acceptors (Lipinski definition) is 7. The Kier molecular flexibility index (Phi) is 5.41. The molecule has 2 amide bonds. The third kappa shape index (κ3) is 3.28. The number of carbonyl (C=O) groups excluding carboxylic acids is 2. The molecule has 1 aliphatic rings. The van der Waals surface area contributed by atoms with Crippen molar-refractivity contribution in [3.05, 3.63) is 33.9 Å². The van der Waals surface area contributed by atoms with E-state index in [-0.39, 0.29) is 17.1 Å². The molecule has 28 heavy (non-hydrogen) atoms. The van der Waals surface area contributed by atoms with E-state index < -0.39 is 52.2 Å². The Morgan fingerprint density at radius 3 is 2.57 bits per heavy atom. The zero-order valence-electron chi connectivity index (χ0n) is 14.6. The number of nitro groups is 1. The predicted molar refractivity (Wildman–Crippen MR) is 84.9 cm³/mol. The van der Waals surface area contributed by atoms with E-state index in [1.165, 1.54) is 6.92 Å². The van der Waals surface area contributed by atoms with Gasteiger partial charge in [0.2, 0.25) is 0 Å². The number of urea groups is 1. The quantitative estimate of drug-likeness (QED) is 0.389. The first kappa shape index (κ1) is 21.2. The van der Waals surface area contributed by atoms with E-state index in [0.717, 1.165) is 12.1 Å². The van der Waals surface area contributed by atoms with Crippen molar-refractivity contribution in [2.24, 2.45) is 5.92 Å². The number of ether oxygens (including phenoxy) is 1. The van der Waals surface area contributed by atoms with Crippen molar-refractivity contribution in [2.45, 2.75) is 24.9 Å². The van der Waals surface area contributed by atoms with Gasteiger partial charge >= 0.3 is 23.9 Å². The molecule has 10 nitrogen and oxygen atoms in total. The van der Waals surface area contributed by atoms with Gasteiger partial charge in [0.25, 0.3) is 5.72 Å². The molecule has 0 unspecified atom stereocenters. The van der Waals surface area contributed by atoms with Crippen molar-refractivity contribution in [3.63, 3.8) is 0 Å². The number of rotatable bonds is 4. The van der Waals surface area contributed by atoms with Crippen molar-refractivity contribution in [1.82, 2.24) is 10.2 Å². The van der Waals surface area contributed by atoms with E-state index in [2.05, 4.69) is 10.1 Å². The van der Waals surface area contributed by atoms with Gasteiger partial charge in [0.1, 0.15) is 5.92 Å². The van der Waals surface area contributed by atoms with Crippen molar-refractivity contribution in [3.8, 4) is 5.75 Å². The molecule has 3 N–H and O–H groups in total. The number of benzene rings is 1.